The van der Waals surface area contributed by atoms with Gasteiger partial charge in [-0.25, -0.2) is 4.79 Å². The van der Waals surface area contributed by atoms with Crippen LogP contribution in [-0.4, -0.2) is 84.5 Å². The van der Waals surface area contributed by atoms with Crippen LogP contribution in [0.4, 0.5) is 0 Å². The number of hydrogen-bond acceptors (Lipinski definition) is 8. The van der Waals surface area contributed by atoms with Crippen LogP contribution < -0.4 is 44.2 Å². The van der Waals surface area contributed by atoms with E-state index in [-0.39, 0.29) is 44.7 Å². The smallest absolute Gasteiger partial charge is 0.326 e. The van der Waals surface area contributed by atoms with Crippen molar-refractivity contribution in [3.05, 3.63) is 71.8 Å². The molecule has 13 N–H and O–H groups in total. The summed E-state index contributed by atoms with van der Waals surface area (Å²) in [6.45, 7) is 0.220. The van der Waals surface area contributed by atoms with Gasteiger partial charge in [0.25, 0.3) is 0 Å². The molecule has 0 radical (unpaired) electrons. The largest absolute Gasteiger partial charge is 0.480 e. The van der Waals surface area contributed by atoms with E-state index in [1.54, 1.807) is 60.7 Å². The van der Waals surface area contributed by atoms with Crippen LogP contribution in [0.2, 0.25) is 0 Å². The average molecular weight is 654 g/mol. The fourth-order valence-electron chi connectivity index (χ4n) is 4.71. The Hall–Kier alpha value is -5.02. The second-order valence-corrected chi connectivity index (χ2v) is 11.0. The molecule has 15 nitrogen and oxygen atoms in total. The predicted octanol–water partition coefficient (Wildman–Crippen LogP) is -1.36. The second-order valence-electron chi connectivity index (χ2n) is 11.0. The summed E-state index contributed by atoms with van der Waals surface area (Å²) in [5.41, 5.74) is 23.3. The highest BCUT2D eigenvalue weighted by molar-refractivity contribution is 5.95. The van der Waals surface area contributed by atoms with Crippen LogP contribution in [0.3, 0.4) is 0 Å². The summed E-state index contributed by atoms with van der Waals surface area (Å²) in [6.07, 6.45) is 1.82. The number of benzene rings is 2. The first kappa shape index (κ1) is 38.2. The van der Waals surface area contributed by atoms with Gasteiger partial charge in [-0.2, -0.15) is 0 Å². The number of hydrogen-bond donors (Lipinski definition) is 9. The molecule has 0 aromatic heterocycles. The fraction of sp³-hybridized carbons (Fsp3) is 0.438. The van der Waals surface area contributed by atoms with Crippen molar-refractivity contribution in [1.82, 2.24) is 21.3 Å². The van der Waals surface area contributed by atoms with Gasteiger partial charge >= 0.3 is 5.97 Å². The lowest BCUT2D eigenvalue weighted by Crippen LogP contribution is -2.58. The molecule has 2 aromatic rings. The number of carbonyl (C=O) groups is 5. The number of rotatable bonds is 21. The van der Waals surface area contributed by atoms with Crippen LogP contribution in [0.15, 0.2) is 65.7 Å². The van der Waals surface area contributed by atoms with Crippen LogP contribution in [0.5, 0.6) is 0 Å². The van der Waals surface area contributed by atoms with Crippen molar-refractivity contribution in [2.45, 2.75) is 69.1 Å². The van der Waals surface area contributed by atoms with Crippen molar-refractivity contribution in [3.8, 4) is 0 Å². The van der Waals surface area contributed by atoms with Crippen molar-refractivity contribution in [1.29, 1.82) is 0 Å². The van der Waals surface area contributed by atoms with Crippen molar-refractivity contribution in [3.63, 3.8) is 0 Å². The number of guanidine groups is 1. The topological polar surface area (TPSA) is 270 Å². The molecule has 0 unspecified atom stereocenters. The molecule has 0 aliphatic rings. The molecule has 0 aliphatic carbocycles. The Bertz CT molecular complexity index is 1320. The zero-order valence-electron chi connectivity index (χ0n) is 26.4. The molecular formula is C32H47N9O6. The summed E-state index contributed by atoms with van der Waals surface area (Å²) in [5.74, 6) is -3.92. The molecule has 4 atom stereocenters. The van der Waals surface area contributed by atoms with Gasteiger partial charge in [0.05, 0.1) is 6.54 Å². The Morgan fingerprint density at radius 3 is 1.62 bits per heavy atom. The zero-order valence-corrected chi connectivity index (χ0v) is 26.4. The molecule has 0 fully saturated rings. The first-order valence-corrected chi connectivity index (χ1v) is 15.5. The minimum absolute atomic E-state index is 0.0325. The highest BCUT2D eigenvalue weighted by Gasteiger charge is 2.31. The number of unbranched alkanes of at least 4 members (excludes halogenated alkanes) is 1. The van der Waals surface area contributed by atoms with E-state index < -0.39 is 53.8 Å². The van der Waals surface area contributed by atoms with Gasteiger partial charge < -0.3 is 49.3 Å². The van der Waals surface area contributed by atoms with E-state index in [1.807, 2.05) is 0 Å². The first-order chi connectivity index (χ1) is 22.5. The Balaban J connectivity index is 2.28. The molecule has 256 valence electrons. The number of nitrogens with one attached hydrogen (secondary N) is 4. The van der Waals surface area contributed by atoms with Gasteiger partial charge in [0, 0.05) is 19.4 Å². The van der Waals surface area contributed by atoms with Crippen molar-refractivity contribution in [2.75, 3.05) is 19.6 Å². The van der Waals surface area contributed by atoms with Gasteiger partial charge in [-0.05, 0) is 49.8 Å². The van der Waals surface area contributed by atoms with Crippen molar-refractivity contribution < 1.29 is 29.1 Å². The Labute approximate surface area is 274 Å². The standard InChI is InChI=1S/C32H47N9O6/c33-16-8-7-14-24(39-28(43)23(38-27(42)20-34)15-9-17-37-32(35)36)29(44)40-25(18-21-10-3-1-4-11-21)30(45)41-26(31(46)47)19-22-12-5-2-6-13-22/h1-6,10-13,23-26H,7-9,14-20,33-34H2,(H,38,42)(H,39,43)(H,40,44)(H,41,45)(H,46,47)(H4,35,36,37)/t23-,24-,25-,26-/m0/s1. The zero-order chi connectivity index (χ0) is 34.6. The number of carbonyl (C=O) groups excluding carboxylic acids is 4. The van der Waals surface area contributed by atoms with Crippen LogP contribution in [0.1, 0.15) is 43.2 Å². The van der Waals surface area contributed by atoms with Crippen LogP contribution in [0, 0.1) is 0 Å². The third-order valence-electron chi connectivity index (χ3n) is 7.18. The number of carboxylic acid groups (broad SMARTS) is 1. The molecule has 15 heteroatoms. The van der Waals surface area contributed by atoms with Crippen LogP contribution >= 0.6 is 0 Å². The summed E-state index contributed by atoms with van der Waals surface area (Å²) in [7, 11) is 0. The molecule has 0 saturated heterocycles. The summed E-state index contributed by atoms with van der Waals surface area (Å²) < 4.78 is 0. The highest BCUT2D eigenvalue weighted by Crippen LogP contribution is 2.09. The Kier molecular flexibility index (Phi) is 17.0. The Morgan fingerprint density at radius 2 is 1.11 bits per heavy atom. The normalized spacial score (nSPS) is 13.2. The molecule has 47 heavy (non-hydrogen) atoms. The van der Waals surface area contributed by atoms with Crippen molar-refractivity contribution in [2.24, 2.45) is 27.9 Å². The fourth-order valence-corrected chi connectivity index (χ4v) is 4.71. The van der Waals surface area contributed by atoms with Gasteiger partial charge in [0.15, 0.2) is 5.96 Å². The van der Waals surface area contributed by atoms with E-state index in [0.29, 0.717) is 31.4 Å². The first-order valence-electron chi connectivity index (χ1n) is 15.5. The van der Waals surface area contributed by atoms with Gasteiger partial charge in [0.2, 0.25) is 23.6 Å². The molecule has 2 rings (SSSR count). The number of nitrogens with two attached hydrogens (primary N) is 4. The third-order valence-corrected chi connectivity index (χ3v) is 7.18. The van der Waals surface area contributed by atoms with E-state index in [1.165, 1.54) is 0 Å². The maximum atomic E-state index is 13.7. The van der Waals surface area contributed by atoms with E-state index >= 15 is 0 Å². The number of nitrogens with zero attached hydrogens (tertiary/aromatic N) is 1. The second kappa shape index (κ2) is 20.9. The monoisotopic (exact) mass is 653 g/mol. The number of aliphatic imine (C=N–C) groups is 1. The summed E-state index contributed by atoms with van der Waals surface area (Å²) in [5, 5.41) is 20.4. The average Bonchev–Trinajstić information content (AvgIpc) is 3.05. The molecule has 0 bridgehead atoms. The van der Waals surface area contributed by atoms with Gasteiger partial charge in [0.1, 0.15) is 24.2 Å². The molecule has 0 aliphatic heterocycles. The van der Waals surface area contributed by atoms with E-state index in [2.05, 4.69) is 26.3 Å². The van der Waals surface area contributed by atoms with Crippen LogP contribution in [0.25, 0.3) is 0 Å². The predicted molar refractivity (Wildman–Crippen MR) is 178 cm³/mol. The molecule has 0 spiro atoms. The number of amides is 4. The molecule has 4 amide bonds. The van der Waals surface area contributed by atoms with E-state index in [0.717, 1.165) is 5.56 Å². The summed E-state index contributed by atoms with van der Waals surface area (Å²) >= 11 is 0. The summed E-state index contributed by atoms with van der Waals surface area (Å²) in [6, 6.07) is 13.2. The van der Waals surface area contributed by atoms with E-state index in [4.69, 9.17) is 22.9 Å². The lowest BCUT2D eigenvalue weighted by atomic mass is 10.0. The Morgan fingerprint density at radius 1 is 0.638 bits per heavy atom. The van der Waals surface area contributed by atoms with Gasteiger partial charge in [-0.3, -0.25) is 24.2 Å². The molecule has 2 aromatic carbocycles. The van der Waals surface area contributed by atoms with Crippen molar-refractivity contribution >= 4 is 35.6 Å². The quantitative estimate of drug-likeness (QED) is 0.0433. The number of aliphatic carboxylic acids is 1. The third kappa shape index (κ3) is 14.7. The highest BCUT2D eigenvalue weighted by atomic mass is 16.4. The lowest BCUT2D eigenvalue weighted by Gasteiger charge is -2.26. The molecule has 0 saturated carbocycles. The minimum Gasteiger partial charge on any atom is -0.480 e. The minimum atomic E-state index is -1.26. The number of carboxylic acids is 1. The maximum absolute atomic E-state index is 13.7. The molecule has 0 heterocycles. The van der Waals surface area contributed by atoms with Crippen LogP contribution in [-0.2, 0) is 36.8 Å². The van der Waals surface area contributed by atoms with Gasteiger partial charge in [-0.1, -0.05) is 60.7 Å². The maximum Gasteiger partial charge on any atom is 0.326 e. The van der Waals surface area contributed by atoms with E-state index in [9.17, 15) is 29.1 Å². The van der Waals surface area contributed by atoms with Gasteiger partial charge in [-0.15, -0.1) is 0 Å². The lowest BCUT2D eigenvalue weighted by molar-refractivity contribution is -0.142. The summed E-state index contributed by atoms with van der Waals surface area (Å²) in [4.78, 5) is 68.7. The molecular weight excluding hydrogens is 606 g/mol. The SMILES string of the molecule is NCCCC[C@H](NC(=O)[C@H](CCCN=C(N)N)NC(=O)CN)C(=O)N[C@@H](Cc1ccccc1)C(=O)N[C@@H](Cc1ccccc1)C(=O)O.